The SMILES string of the molecule is C[N+](C)(CCCCCCCCCCCCCCCCCCCN)Cc1ccccc1. The molecule has 1 aromatic rings. The molecule has 0 bridgehead atoms. The number of benzene rings is 1. The fourth-order valence-corrected chi connectivity index (χ4v) is 4.49. The molecule has 0 fully saturated rings. The number of nitrogens with zero attached hydrogens (tertiary/aromatic N) is 1. The number of unbranched alkanes of at least 4 members (excludes halogenated alkanes) is 16. The van der Waals surface area contributed by atoms with E-state index in [0.29, 0.717) is 0 Å². The molecule has 2 heteroatoms. The molecule has 0 atom stereocenters. The summed E-state index contributed by atoms with van der Waals surface area (Å²) in [5.41, 5.74) is 6.99. The minimum absolute atomic E-state index is 0.868. The van der Waals surface area contributed by atoms with Crippen LogP contribution in [-0.2, 0) is 6.54 Å². The fraction of sp³-hybridized carbons (Fsp3) is 0.786. The van der Waals surface area contributed by atoms with Gasteiger partial charge < -0.3 is 10.2 Å². The van der Waals surface area contributed by atoms with Crippen LogP contribution in [0.4, 0.5) is 0 Å². The number of hydrogen-bond donors (Lipinski definition) is 1. The van der Waals surface area contributed by atoms with Crippen LogP contribution in [-0.4, -0.2) is 31.7 Å². The van der Waals surface area contributed by atoms with Crippen LogP contribution in [0, 0.1) is 0 Å². The zero-order valence-corrected chi connectivity index (χ0v) is 20.6. The molecule has 0 unspecified atom stereocenters. The molecule has 0 saturated carbocycles. The van der Waals surface area contributed by atoms with E-state index >= 15 is 0 Å². The Morgan fingerprint density at radius 1 is 0.533 bits per heavy atom. The highest BCUT2D eigenvalue weighted by Gasteiger charge is 2.14. The summed E-state index contributed by atoms with van der Waals surface area (Å²) in [6.45, 7) is 3.31. The van der Waals surface area contributed by atoms with E-state index in [1.807, 2.05) is 0 Å². The summed E-state index contributed by atoms with van der Waals surface area (Å²) in [7, 11) is 4.74. The summed E-state index contributed by atoms with van der Waals surface area (Å²) in [6, 6.07) is 10.9. The van der Waals surface area contributed by atoms with E-state index in [1.165, 1.54) is 121 Å². The lowest BCUT2D eigenvalue weighted by molar-refractivity contribution is -0.903. The Morgan fingerprint density at radius 2 is 0.900 bits per heavy atom. The normalized spacial score (nSPS) is 11.8. The summed E-state index contributed by atoms with van der Waals surface area (Å²) in [4.78, 5) is 0. The average Bonchev–Trinajstić information content (AvgIpc) is 2.73. The third-order valence-electron chi connectivity index (χ3n) is 6.42. The molecule has 0 aliphatic heterocycles. The van der Waals surface area contributed by atoms with E-state index in [2.05, 4.69) is 44.4 Å². The molecule has 0 aliphatic carbocycles. The van der Waals surface area contributed by atoms with Crippen molar-refractivity contribution in [2.24, 2.45) is 5.73 Å². The molecule has 1 rings (SSSR count). The summed E-state index contributed by atoms with van der Waals surface area (Å²) >= 11 is 0. The van der Waals surface area contributed by atoms with E-state index in [0.717, 1.165) is 17.6 Å². The molecule has 2 N–H and O–H groups in total. The maximum Gasteiger partial charge on any atom is 0.104 e. The first-order valence-electron chi connectivity index (χ1n) is 13.2. The third kappa shape index (κ3) is 16.9. The third-order valence-corrected chi connectivity index (χ3v) is 6.42. The molecule has 30 heavy (non-hydrogen) atoms. The summed E-state index contributed by atoms with van der Waals surface area (Å²) in [5, 5.41) is 0. The Morgan fingerprint density at radius 3 is 1.30 bits per heavy atom. The van der Waals surface area contributed by atoms with Gasteiger partial charge in [-0.1, -0.05) is 120 Å². The van der Waals surface area contributed by atoms with Gasteiger partial charge in [-0.3, -0.25) is 0 Å². The molecule has 0 aromatic heterocycles. The van der Waals surface area contributed by atoms with Crippen molar-refractivity contribution >= 4 is 0 Å². The Balaban J connectivity index is 1.79. The first-order valence-corrected chi connectivity index (χ1v) is 13.2. The molecule has 0 saturated heterocycles. The highest BCUT2D eigenvalue weighted by Crippen LogP contribution is 2.15. The van der Waals surface area contributed by atoms with Gasteiger partial charge >= 0.3 is 0 Å². The highest BCUT2D eigenvalue weighted by atomic mass is 15.3. The van der Waals surface area contributed by atoms with Gasteiger partial charge in [-0.2, -0.15) is 0 Å². The van der Waals surface area contributed by atoms with Gasteiger partial charge in [-0.25, -0.2) is 0 Å². The smallest absolute Gasteiger partial charge is 0.104 e. The maximum atomic E-state index is 5.53. The van der Waals surface area contributed by atoms with Crippen molar-refractivity contribution in [3.05, 3.63) is 35.9 Å². The first-order chi connectivity index (χ1) is 14.6. The van der Waals surface area contributed by atoms with Gasteiger partial charge in [0.1, 0.15) is 6.54 Å². The van der Waals surface area contributed by atoms with Crippen LogP contribution in [0.5, 0.6) is 0 Å². The second kappa shape index (κ2) is 18.9. The molecular formula is C28H53N2+. The second-order valence-corrected chi connectivity index (χ2v) is 10.1. The number of nitrogens with two attached hydrogens (primary N) is 1. The molecule has 0 aliphatic rings. The van der Waals surface area contributed by atoms with E-state index in [1.54, 1.807) is 0 Å². The molecule has 0 heterocycles. The summed E-state index contributed by atoms with van der Waals surface area (Å²) in [6.07, 6.45) is 24.1. The maximum absolute atomic E-state index is 5.53. The predicted octanol–water partition coefficient (Wildman–Crippen LogP) is 7.85. The second-order valence-electron chi connectivity index (χ2n) is 10.1. The van der Waals surface area contributed by atoms with Crippen LogP contribution >= 0.6 is 0 Å². The molecule has 0 amide bonds. The molecule has 174 valence electrons. The van der Waals surface area contributed by atoms with Crippen molar-refractivity contribution in [3.8, 4) is 0 Å². The van der Waals surface area contributed by atoms with Gasteiger partial charge in [0.25, 0.3) is 0 Å². The zero-order valence-electron chi connectivity index (χ0n) is 20.6. The van der Waals surface area contributed by atoms with Gasteiger partial charge in [0.15, 0.2) is 0 Å². The van der Waals surface area contributed by atoms with Crippen LogP contribution in [0.2, 0.25) is 0 Å². The van der Waals surface area contributed by atoms with Crippen LogP contribution in [0.1, 0.15) is 115 Å². The standard InChI is InChI=1S/C28H53N2/c1-30(2,27-28-23-19-18-20-24-28)26-22-17-15-13-11-9-7-5-3-4-6-8-10-12-14-16-21-25-29/h18-20,23-24H,3-17,21-22,25-27,29H2,1-2H3/q+1. The Kier molecular flexibility index (Phi) is 17.1. The predicted molar refractivity (Wildman–Crippen MR) is 135 cm³/mol. The topological polar surface area (TPSA) is 26.0 Å². The summed E-state index contributed by atoms with van der Waals surface area (Å²) in [5.74, 6) is 0. The number of quaternary nitrogens is 1. The van der Waals surface area contributed by atoms with Crippen molar-refractivity contribution in [2.45, 2.75) is 116 Å². The van der Waals surface area contributed by atoms with Crippen LogP contribution in [0.3, 0.4) is 0 Å². The molecule has 0 radical (unpaired) electrons. The van der Waals surface area contributed by atoms with Gasteiger partial charge in [0.2, 0.25) is 0 Å². The minimum atomic E-state index is 0.868. The largest absolute Gasteiger partial charge is 0.330 e. The van der Waals surface area contributed by atoms with Crippen LogP contribution in [0.15, 0.2) is 30.3 Å². The Bertz CT molecular complexity index is 469. The van der Waals surface area contributed by atoms with E-state index in [9.17, 15) is 0 Å². The van der Waals surface area contributed by atoms with E-state index < -0.39 is 0 Å². The minimum Gasteiger partial charge on any atom is -0.330 e. The molecular weight excluding hydrogens is 364 g/mol. The Labute approximate surface area is 189 Å². The monoisotopic (exact) mass is 417 g/mol. The van der Waals surface area contributed by atoms with Gasteiger partial charge in [-0.15, -0.1) is 0 Å². The number of rotatable bonds is 21. The van der Waals surface area contributed by atoms with E-state index in [4.69, 9.17) is 5.73 Å². The lowest BCUT2D eigenvalue weighted by atomic mass is 10.0. The van der Waals surface area contributed by atoms with Crippen LogP contribution < -0.4 is 5.73 Å². The molecule has 1 aromatic carbocycles. The summed E-state index contributed by atoms with van der Waals surface area (Å²) < 4.78 is 1.11. The van der Waals surface area contributed by atoms with Gasteiger partial charge in [-0.05, 0) is 25.8 Å². The molecule has 0 spiro atoms. The lowest BCUT2D eigenvalue weighted by Gasteiger charge is -2.30. The lowest BCUT2D eigenvalue weighted by Crippen LogP contribution is -2.39. The number of hydrogen-bond acceptors (Lipinski definition) is 1. The van der Waals surface area contributed by atoms with E-state index in [-0.39, 0.29) is 0 Å². The van der Waals surface area contributed by atoms with Gasteiger partial charge in [0, 0.05) is 5.56 Å². The van der Waals surface area contributed by atoms with Crippen LogP contribution in [0.25, 0.3) is 0 Å². The van der Waals surface area contributed by atoms with Gasteiger partial charge in [0.05, 0.1) is 20.6 Å². The van der Waals surface area contributed by atoms with Crippen molar-refractivity contribution < 1.29 is 4.48 Å². The fourth-order valence-electron chi connectivity index (χ4n) is 4.49. The van der Waals surface area contributed by atoms with Crippen molar-refractivity contribution in [1.82, 2.24) is 0 Å². The first kappa shape index (κ1) is 27.2. The average molecular weight is 418 g/mol. The zero-order chi connectivity index (χ0) is 21.8. The van der Waals surface area contributed by atoms with Crippen molar-refractivity contribution in [3.63, 3.8) is 0 Å². The van der Waals surface area contributed by atoms with Crippen molar-refractivity contribution in [1.29, 1.82) is 0 Å². The van der Waals surface area contributed by atoms with Crippen molar-refractivity contribution in [2.75, 3.05) is 27.2 Å². The Hall–Kier alpha value is -0.860. The highest BCUT2D eigenvalue weighted by molar-refractivity contribution is 5.13. The quantitative estimate of drug-likeness (QED) is 0.160. The molecule has 2 nitrogen and oxygen atoms in total.